The fraction of sp³-hybridized carbons (Fsp3) is 0. The van der Waals surface area contributed by atoms with Crippen LogP contribution in [-0.4, -0.2) is 17.0 Å². The lowest BCUT2D eigenvalue weighted by molar-refractivity contribution is -0.112. The Balaban J connectivity index is 1.55. The first-order chi connectivity index (χ1) is 15.4. The lowest BCUT2D eigenvalue weighted by Crippen LogP contribution is -2.13. The van der Waals surface area contributed by atoms with Crippen LogP contribution in [0.2, 0.25) is 5.02 Å². The number of anilines is 1. The molecule has 0 spiro atoms. The molecule has 0 saturated carbocycles. The Hall–Kier alpha value is -4.34. The summed E-state index contributed by atoms with van der Waals surface area (Å²) in [6, 6.07) is 22.8. The number of halogens is 1. The van der Waals surface area contributed by atoms with Crippen molar-refractivity contribution in [3.05, 3.63) is 94.7 Å². The topological polar surface area (TPSA) is 103 Å². The SMILES string of the molecule is N#C/C(=C\c1ccc(-c2ccc(C(=O)O)c(Cl)c2)o1)C(=O)Nc1ccc2ccccc2c1. The number of benzene rings is 3. The van der Waals surface area contributed by atoms with Crippen LogP contribution < -0.4 is 5.32 Å². The standard InChI is InChI=1S/C25H15ClN2O4/c26-22-13-17(6-9-21(22)25(30)31)23-10-8-20(32-23)12-18(14-27)24(29)28-19-7-5-15-3-1-2-4-16(15)11-19/h1-13H,(H,28,29)(H,30,31)/b18-12+. The third-order valence-electron chi connectivity index (χ3n) is 4.77. The van der Waals surface area contributed by atoms with Gasteiger partial charge in [-0.25, -0.2) is 4.79 Å². The third kappa shape index (κ3) is 4.38. The number of amides is 1. The highest BCUT2D eigenvalue weighted by Crippen LogP contribution is 2.28. The molecule has 0 bridgehead atoms. The molecule has 3 aromatic carbocycles. The minimum absolute atomic E-state index is 0.0146. The molecule has 0 saturated heterocycles. The number of fused-ring (bicyclic) bond motifs is 1. The lowest BCUT2D eigenvalue weighted by atomic mass is 10.1. The molecule has 0 unspecified atom stereocenters. The van der Waals surface area contributed by atoms with Gasteiger partial charge in [0, 0.05) is 17.3 Å². The minimum atomic E-state index is -1.12. The summed E-state index contributed by atoms with van der Waals surface area (Å²) in [7, 11) is 0. The number of carboxylic acid groups (broad SMARTS) is 1. The first-order valence-corrected chi connectivity index (χ1v) is 9.87. The molecular weight excluding hydrogens is 428 g/mol. The van der Waals surface area contributed by atoms with Gasteiger partial charge in [0.1, 0.15) is 23.2 Å². The summed E-state index contributed by atoms with van der Waals surface area (Å²) in [6.45, 7) is 0. The fourth-order valence-corrected chi connectivity index (χ4v) is 3.45. The summed E-state index contributed by atoms with van der Waals surface area (Å²) in [5.74, 6) is -0.971. The van der Waals surface area contributed by atoms with E-state index in [0.717, 1.165) is 10.8 Å². The van der Waals surface area contributed by atoms with Crippen molar-refractivity contribution in [3.63, 3.8) is 0 Å². The smallest absolute Gasteiger partial charge is 0.337 e. The number of hydrogen-bond acceptors (Lipinski definition) is 4. The van der Waals surface area contributed by atoms with Crippen LogP contribution >= 0.6 is 11.6 Å². The number of nitrogens with one attached hydrogen (secondary N) is 1. The molecule has 0 fully saturated rings. The molecule has 0 aliphatic rings. The van der Waals surface area contributed by atoms with Crippen molar-refractivity contribution in [2.24, 2.45) is 0 Å². The van der Waals surface area contributed by atoms with Gasteiger partial charge in [0.25, 0.3) is 5.91 Å². The quantitative estimate of drug-likeness (QED) is 0.291. The Morgan fingerprint density at radius 3 is 2.50 bits per heavy atom. The summed E-state index contributed by atoms with van der Waals surface area (Å²) < 4.78 is 5.70. The van der Waals surface area contributed by atoms with Gasteiger partial charge >= 0.3 is 5.97 Å². The third-order valence-corrected chi connectivity index (χ3v) is 5.08. The average molecular weight is 443 g/mol. The minimum Gasteiger partial charge on any atom is -0.478 e. The Bertz CT molecular complexity index is 1430. The summed E-state index contributed by atoms with van der Waals surface area (Å²) in [4.78, 5) is 23.7. The zero-order chi connectivity index (χ0) is 22.7. The first-order valence-electron chi connectivity index (χ1n) is 9.49. The van der Waals surface area contributed by atoms with Crippen molar-refractivity contribution < 1.29 is 19.1 Å². The van der Waals surface area contributed by atoms with Crippen LogP contribution in [0.4, 0.5) is 5.69 Å². The number of hydrogen-bond donors (Lipinski definition) is 2. The van der Waals surface area contributed by atoms with Crippen molar-refractivity contribution in [2.45, 2.75) is 0 Å². The van der Waals surface area contributed by atoms with Crippen LogP contribution in [0.3, 0.4) is 0 Å². The number of carboxylic acids is 1. The normalized spacial score (nSPS) is 11.2. The molecular formula is C25H15ClN2O4. The number of rotatable bonds is 5. The van der Waals surface area contributed by atoms with Gasteiger partial charge in [-0.1, -0.05) is 48.0 Å². The van der Waals surface area contributed by atoms with Crippen molar-refractivity contribution in [1.82, 2.24) is 0 Å². The second-order valence-electron chi connectivity index (χ2n) is 6.89. The number of furan rings is 1. The first kappa shape index (κ1) is 20.9. The highest BCUT2D eigenvalue weighted by atomic mass is 35.5. The van der Waals surface area contributed by atoms with Gasteiger partial charge in [-0.15, -0.1) is 0 Å². The van der Waals surface area contributed by atoms with E-state index in [2.05, 4.69) is 5.32 Å². The molecule has 0 aliphatic carbocycles. The van der Waals surface area contributed by atoms with Crippen molar-refractivity contribution in [2.75, 3.05) is 5.32 Å². The number of nitriles is 1. The van der Waals surface area contributed by atoms with E-state index in [0.29, 0.717) is 22.8 Å². The van der Waals surface area contributed by atoms with E-state index in [1.54, 1.807) is 24.3 Å². The summed E-state index contributed by atoms with van der Waals surface area (Å²) >= 11 is 6.01. The molecule has 1 amide bonds. The summed E-state index contributed by atoms with van der Waals surface area (Å²) in [5.41, 5.74) is 0.999. The molecule has 1 heterocycles. The zero-order valence-electron chi connectivity index (χ0n) is 16.5. The second-order valence-corrected chi connectivity index (χ2v) is 7.29. The molecule has 0 radical (unpaired) electrons. The van der Waals surface area contributed by atoms with Gasteiger partial charge in [0.15, 0.2) is 0 Å². The predicted octanol–water partition coefficient (Wildman–Crippen LogP) is 6.00. The molecule has 4 aromatic rings. The number of carbonyl (C=O) groups is 2. The number of nitrogens with zero attached hydrogens (tertiary/aromatic N) is 1. The van der Waals surface area contributed by atoms with Crippen molar-refractivity contribution in [1.29, 1.82) is 5.26 Å². The van der Waals surface area contributed by atoms with Gasteiger partial charge in [-0.3, -0.25) is 4.79 Å². The summed E-state index contributed by atoms with van der Waals surface area (Å²) in [5, 5.41) is 23.4. The zero-order valence-corrected chi connectivity index (χ0v) is 17.3. The van der Waals surface area contributed by atoms with E-state index in [1.165, 1.54) is 18.2 Å². The Morgan fingerprint density at radius 2 is 1.78 bits per heavy atom. The van der Waals surface area contributed by atoms with Gasteiger partial charge in [0.05, 0.1) is 10.6 Å². The molecule has 32 heavy (non-hydrogen) atoms. The maximum atomic E-state index is 12.6. The molecule has 156 valence electrons. The van der Waals surface area contributed by atoms with E-state index in [1.807, 2.05) is 42.5 Å². The number of carbonyl (C=O) groups excluding carboxylic acids is 1. The van der Waals surface area contributed by atoms with Crippen molar-refractivity contribution in [3.8, 4) is 17.4 Å². The van der Waals surface area contributed by atoms with E-state index in [-0.39, 0.29) is 16.2 Å². The molecule has 4 rings (SSSR count). The lowest BCUT2D eigenvalue weighted by Gasteiger charge is -2.06. The maximum absolute atomic E-state index is 12.6. The van der Waals surface area contributed by atoms with Crippen LogP contribution in [0.25, 0.3) is 28.2 Å². The van der Waals surface area contributed by atoms with Crippen LogP contribution in [0.15, 0.2) is 82.8 Å². The predicted molar refractivity (Wildman–Crippen MR) is 122 cm³/mol. The molecule has 6 nitrogen and oxygen atoms in total. The maximum Gasteiger partial charge on any atom is 0.337 e. The van der Waals surface area contributed by atoms with Crippen LogP contribution in [0.5, 0.6) is 0 Å². The highest BCUT2D eigenvalue weighted by Gasteiger charge is 2.14. The van der Waals surface area contributed by atoms with E-state index < -0.39 is 11.9 Å². The molecule has 7 heteroatoms. The van der Waals surface area contributed by atoms with Crippen molar-refractivity contribution >= 4 is 46.0 Å². The Morgan fingerprint density at radius 1 is 1.00 bits per heavy atom. The Kier molecular flexibility index (Phi) is 5.75. The highest BCUT2D eigenvalue weighted by molar-refractivity contribution is 6.33. The van der Waals surface area contributed by atoms with Gasteiger partial charge in [-0.05, 0) is 47.2 Å². The van der Waals surface area contributed by atoms with E-state index in [9.17, 15) is 14.9 Å². The fourth-order valence-electron chi connectivity index (χ4n) is 3.18. The molecule has 0 atom stereocenters. The molecule has 1 aromatic heterocycles. The summed E-state index contributed by atoms with van der Waals surface area (Å²) in [6.07, 6.45) is 1.34. The van der Waals surface area contributed by atoms with Crippen LogP contribution in [0, 0.1) is 11.3 Å². The number of aromatic carboxylic acids is 1. The van der Waals surface area contributed by atoms with Crippen LogP contribution in [-0.2, 0) is 4.79 Å². The molecule has 2 N–H and O–H groups in total. The van der Waals surface area contributed by atoms with E-state index in [4.69, 9.17) is 21.1 Å². The molecule has 0 aliphatic heterocycles. The van der Waals surface area contributed by atoms with E-state index >= 15 is 0 Å². The average Bonchev–Trinajstić information content (AvgIpc) is 3.25. The second kappa shape index (κ2) is 8.80. The monoisotopic (exact) mass is 442 g/mol. The largest absolute Gasteiger partial charge is 0.478 e. The van der Waals surface area contributed by atoms with Gasteiger partial charge in [0.2, 0.25) is 0 Å². The Labute approximate surface area is 188 Å². The van der Waals surface area contributed by atoms with Crippen LogP contribution in [0.1, 0.15) is 16.1 Å². The van der Waals surface area contributed by atoms with Gasteiger partial charge < -0.3 is 14.8 Å². The van der Waals surface area contributed by atoms with Gasteiger partial charge in [-0.2, -0.15) is 5.26 Å².